The van der Waals surface area contributed by atoms with E-state index in [0.717, 1.165) is 36.7 Å². The molecule has 2 saturated heterocycles. The summed E-state index contributed by atoms with van der Waals surface area (Å²) in [5.41, 5.74) is 3.41. The van der Waals surface area contributed by atoms with Crippen molar-refractivity contribution in [1.82, 2.24) is 9.80 Å². The van der Waals surface area contributed by atoms with Gasteiger partial charge in [-0.1, -0.05) is 6.07 Å². The number of ether oxygens (including phenoxy) is 1. The molecule has 0 amide bonds. The van der Waals surface area contributed by atoms with Crippen LogP contribution in [0.1, 0.15) is 12.0 Å². The number of nitrogens with zero attached hydrogens (tertiary/aromatic N) is 2. The van der Waals surface area contributed by atoms with Crippen molar-refractivity contribution in [3.8, 4) is 16.9 Å². The van der Waals surface area contributed by atoms with Gasteiger partial charge in [0.25, 0.3) is 0 Å². The van der Waals surface area contributed by atoms with Gasteiger partial charge < -0.3 is 14.7 Å². The number of carboxylic acid groups (broad SMARTS) is 1. The van der Waals surface area contributed by atoms with E-state index in [4.69, 9.17) is 9.84 Å². The van der Waals surface area contributed by atoms with E-state index < -0.39 is 5.97 Å². The monoisotopic (exact) mass is 372 g/mol. The minimum atomic E-state index is -0.949. The fourth-order valence-electron chi connectivity index (χ4n) is 4.22. The maximum Gasteiger partial charge on any atom is 0.341 e. The van der Waals surface area contributed by atoms with Crippen LogP contribution in [0.25, 0.3) is 11.1 Å². The van der Waals surface area contributed by atoms with Crippen LogP contribution in [-0.2, 0) is 11.3 Å². The Labute approximate surface area is 157 Å². The number of likely N-dealkylation sites (tertiary alicyclic amines) is 2. The molecule has 0 aliphatic carbocycles. The van der Waals surface area contributed by atoms with E-state index in [9.17, 15) is 4.79 Å². The molecule has 26 heavy (non-hydrogen) atoms. The van der Waals surface area contributed by atoms with Gasteiger partial charge in [0.15, 0.2) is 6.61 Å². The van der Waals surface area contributed by atoms with Gasteiger partial charge in [0.1, 0.15) is 5.75 Å². The number of hydrogen-bond donors (Lipinski definition) is 1. The third-order valence-electron chi connectivity index (χ3n) is 5.56. The molecule has 2 aliphatic heterocycles. The standard InChI is InChI=1S/C20H24N2O3S/c1-21-6-4-15-9-22(11-18(15)21)10-17-8-14(16-5-7-26-13-16)2-3-19(17)25-12-20(23)24/h2-3,5,7-8,13,15,18H,4,6,9-12H2,1H3,(H,23,24)/t15-,18+/m1/s1. The lowest BCUT2D eigenvalue weighted by Gasteiger charge is -2.22. The van der Waals surface area contributed by atoms with Gasteiger partial charge in [-0.25, -0.2) is 4.79 Å². The maximum absolute atomic E-state index is 10.9. The smallest absolute Gasteiger partial charge is 0.341 e. The molecule has 0 saturated carbocycles. The molecule has 4 rings (SSSR count). The van der Waals surface area contributed by atoms with Crippen LogP contribution in [0, 0.1) is 5.92 Å². The first-order valence-corrected chi connectivity index (χ1v) is 9.97. The molecule has 1 N–H and O–H groups in total. The summed E-state index contributed by atoms with van der Waals surface area (Å²) in [6.07, 6.45) is 1.27. The number of likely N-dealkylation sites (N-methyl/N-ethyl adjacent to an activating group) is 1. The molecule has 0 spiro atoms. The number of carboxylic acids is 1. The summed E-state index contributed by atoms with van der Waals surface area (Å²) in [4.78, 5) is 15.9. The highest BCUT2D eigenvalue weighted by Crippen LogP contribution is 2.34. The van der Waals surface area contributed by atoms with Gasteiger partial charge in [-0.05, 0) is 66.0 Å². The molecule has 6 heteroatoms. The Hall–Kier alpha value is -1.89. The summed E-state index contributed by atoms with van der Waals surface area (Å²) >= 11 is 1.68. The summed E-state index contributed by atoms with van der Waals surface area (Å²) in [5, 5.41) is 13.2. The second kappa shape index (κ2) is 7.39. The van der Waals surface area contributed by atoms with Gasteiger partial charge in [0, 0.05) is 31.2 Å². The SMILES string of the molecule is CN1CC[C@@H]2CN(Cc3cc(-c4ccsc4)ccc3OCC(=O)O)C[C@@H]21. The second-order valence-corrected chi connectivity index (χ2v) is 8.09. The Morgan fingerprint density at radius 3 is 2.92 bits per heavy atom. The van der Waals surface area contributed by atoms with Gasteiger partial charge in [0.2, 0.25) is 0 Å². The third-order valence-corrected chi connectivity index (χ3v) is 6.24. The van der Waals surface area contributed by atoms with Gasteiger partial charge in [0.05, 0.1) is 0 Å². The van der Waals surface area contributed by atoms with Crippen LogP contribution in [0.15, 0.2) is 35.0 Å². The number of fused-ring (bicyclic) bond motifs is 1. The average Bonchev–Trinajstić information content (AvgIpc) is 3.33. The number of thiophene rings is 1. The van der Waals surface area contributed by atoms with Crippen LogP contribution < -0.4 is 4.74 Å². The van der Waals surface area contributed by atoms with Crippen LogP contribution in [0.4, 0.5) is 0 Å². The molecular formula is C20H24N2O3S. The number of carbonyl (C=O) groups is 1. The van der Waals surface area contributed by atoms with Crippen LogP contribution in [0.5, 0.6) is 5.75 Å². The van der Waals surface area contributed by atoms with Crippen molar-refractivity contribution in [3.05, 3.63) is 40.6 Å². The van der Waals surface area contributed by atoms with Crippen molar-refractivity contribution < 1.29 is 14.6 Å². The van der Waals surface area contributed by atoms with E-state index in [1.54, 1.807) is 11.3 Å². The molecule has 2 aromatic rings. The van der Waals surface area contributed by atoms with E-state index in [1.165, 1.54) is 18.5 Å². The Kier molecular flexibility index (Phi) is 4.98. The molecule has 0 radical (unpaired) electrons. The number of hydrogen-bond acceptors (Lipinski definition) is 5. The second-order valence-electron chi connectivity index (χ2n) is 7.31. The van der Waals surface area contributed by atoms with Crippen LogP contribution >= 0.6 is 11.3 Å². The van der Waals surface area contributed by atoms with Crippen LogP contribution in [0.3, 0.4) is 0 Å². The first-order valence-electron chi connectivity index (χ1n) is 9.03. The largest absolute Gasteiger partial charge is 0.482 e. The molecule has 0 bridgehead atoms. The van der Waals surface area contributed by atoms with Crippen molar-refractivity contribution in [2.24, 2.45) is 5.92 Å². The van der Waals surface area contributed by atoms with E-state index in [1.807, 2.05) is 12.1 Å². The molecule has 2 fully saturated rings. The fraction of sp³-hybridized carbons (Fsp3) is 0.450. The Morgan fingerprint density at radius 1 is 1.31 bits per heavy atom. The van der Waals surface area contributed by atoms with Gasteiger partial charge in [-0.3, -0.25) is 4.90 Å². The zero-order valence-corrected chi connectivity index (χ0v) is 15.7. The lowest BCUT2D eigenvalue weighted by atomic mass is 10.0. The lowest BCUT2D eigenvalue weighted by molar-refractivity contribution is -0.139. The number of rotatable bonds is 6. The molecule has 2 aliphatic rings. The quantitative estimate of drug-likeness (QED) is 0.845. The molecule has 0 unspecified atom stereocenters. The van der Waals surface area contributed by atoms with Crippen molar-refractivity contribution in [2.45, 2.75) is 19.0 Å². The predicted octanol–water partition coefficient (Wildman–Crippen LogP) is 3.01. The van der Waals surface area contributed by atoms with Crippen molar-refractivity contribution in [1.29, 1.82) is 0 Å². The molecule has 1 aromatic carbocycles. The number of aliphatic carboxylic acids is 1. The minimum absolute atomic E-state index is 0.307. The van der Waals surface area contributed by atoms with Gasteiger partial charge >= 0.3 is 5.97 Å². The van der Waals surface area contributed by atoms with Gasteiger partial charge in [-0.2, -0.15) is 11.3 Å². The maximum atomic E-state index is 10.9. The average molecular weight is 372 g/mol. The number of benzene rings is 1. The molecule has 3 heterocycles. The van der Waals surface area contributed by atoms with Crippen LogP contribution in [0.2, 0.25) is 0 Å². The predicted molar refractivity (Wildman–Crippen MR) is 103 cm³/mol. The Bertz CT molecular complexity index is 777. The lowest BCUT2D eigenvalue weighted by Crippen LogP contribution is -2.32. The molecular weight excluding hydrogens is 348 g/mol. The van der Waals surface area contributed by atoms with E-state index >= 15 is 0 Å². The minimum Gasteiger partial charge on any atom is -0.482 e. The molecule has 5 nitrogen and oxygen atoms in total. The first-order chi connectivity index (χ1) is 12.6. The Morgan fingerprint density at radius 2 is 2.19 bits per heavy atom. The van der Waals surface area contributed by atoms with Crippen molar-refractivity contribution in [3.63, 3.8) is 0 Å². The zero-order valence-electron chi connectivity index (χ0n) is 14.9. The van der Waals surface area contributed by atoms with E-state index in [2.05, 4.69) is 39.7 Å². The fourth-order valence-corrected chi connectivity index (χ4v) is 4.89. The highest BCUT2D eigenvalue weighted by molar-refractivity contribution is 7.08. The van der Waals surface area contributed by atoms with Crippen molar-refractivity contribution >= 4 is 17.3 Å². The summed E-state index contributed by atoms with van der Waals surface area (Å²) in [6.45, 7) is 3.87. The van der Waals surface area contributed by atoms with Crippen molar-refractivity contribution in [2.75, 3.05) is 33.3 Å². The molecule has 2 atom stereocenters. The van der Waals surface area contributed by atoms with E-state index in [-0.39, 0.29) is 6.61 Å². The topological polar surface area (TPSA) is 53.0 Å². The first kappa shape index (κ1) is 17.5. The summed E-state index contributed by atoms with van der Waals surface area (Å²) in [5.74, 6) is 0.482. The van der Waals surface area contributed by atoms with Crippen LogP contribution in [-0.4, -0.2) is 60.2 Å². The molecule has 138 valence electrons. The highest BCUT2D eigenvalue weighted by Gasteiger charge is 2.39. The van der Waals surface area contributed by atoms with E-state index in [0.29, 0.717) is 11.8 Å². The normalized spacial score (nSPS) is 23.3. The molecule has 1 aromatic heterocycles. The third kappa shape index (κ3) is 3.63. The van der Waals surface area contributed by atoms with Gasteiger partial charge in [-0.15, -0.1) is 0 Å². The summed E-state index contributed by atoms with van der Waals surface area (Å²) in [7, 11) is 2.22. The highest BCUT2D eigenvalue weighted by atomic mass is 32.1. The zero-order chi connectivity index (χ0) is 18.1. The Balaban J connectivity index is 1.55. The summed E-state index contributed by atoms with van der Waals surface area (Å²) < 4.78 is 5.56. The summed E-state index contributed by atoms with van der Waals surface area (Å²) in [6, 6.07) is 8.83.